The number of aromatic amines is 1. The topological polar surface area (TPSA) is 78.1 Å². The van der Waals surface area contributed by atoms with E-state index >= 15 is 0 Å². The summed E-state index contributed by atoms with van der Waals surface area (Å²) >= 11 is 0. The molecule has 2 amide bonds. The Hall–Kier alpha value is -3.15. The van der Waals surface area contributed by atoms with Gasteiger partial charge < -0.3 is 15.2 Å². The number of fused-ring (bicyclic) bond motifs is 1. The van der Waals surface area contributed by atoms with Gasteiger partial charge in [0.1, 0.15) is 5.82 Å². The molecule has 6 heteroatoms. The van der Waals surface area contributed by atoms with Crippen LogP contribution in [0.25, 0.3) is 11.0 Å². The van der Waals surface area contributed by atoms with E-state index in [1.54, 1.807) is 4.90 Å². The molecule has 1 aliphatic heterocycles. The summed E-state index contributed by atoms with van der Waals surface area (Å²) in [4.78, 5) is 33.8. The lowest BCUT2D eigenvalue weighted by molar-refractivity contribution is -0.133. The summed E-state index contributed by atoms with van der Waals surface area (Å²) in [6, 6.07) is 17.8. The first-order valence-corrected chi connectivity index (χ1v) is 9.22. The molecule has 0 bridgehead atoms. The van der Waals surface area contributed by atoms with E-state index < -0.39 is 0 Å². The number of benzene rings is 2. The van der Waals surface area contributed by atoms with Crippen molar-refractivity contribution in [1.29, 1.82) is 0 Å². The van der Waals surface area contributed by atoms with Crippen molar-refractivity contribution in [1.82, 2.24) is 20.2 Å². The Kier molecular flexibility index (Phi) is 4.87. The average molecular weight is 362 g/mol. The summed E-state index contributed by atoms with van der Waals surface area (Å²) in [7, 11) is 0. The zero-order chi connectivity index (χ0) is 18.6. The van der Waals surface area contributed by atoms with E-state index in [0.29, 0.717) is 25.9 Å². The number of nitrogens with zero attached hydrogens (tertiary/aromatic N) is 2. The van der Waals surface area contributed by atoms with Crippen molar-refractivity contribution in [2.45, 2.75) is 18.8 Å². The zero-order valence-corrected chi connectivity index (χ0v) is 15.0. The summed E-state index contributed by atoms with van der Waals surface area (Å²) in [6.07, 6.45) is 1.09. The van der Waals surface area contributed by atoms with E-state index in [4.69, 9.17) is 0 Å². The quantitative estimate of drug-likeness (QED) is 0.706. The van der Waals surface area contributed by atoms with Gasteiger partial charge in [-0.2, -0.15) is 0 Å². The van der Waals surface area contributed by atoms with Gasteiger partial charge in [0.15, 0.2) is 0 Å². The van der Waals surface area contributed by atoms with Crippen LogP contribution in [0.1, 0.15) is 23.7 Å². The Morgan fingerprint density at radius 1 is 1.15 bits per heavy atom. The van der Waals surface area contributed by atoms with Crippen LogP contribution in [-0.2, 0) is 16.0 Å². The number of amides is 2. The van der Waals surface area contributed by atoms with E-state index in [0.717, 1.165) is 22.4 Å². The van der Waals surface area contributed by atoms with E-state index in [-0.39, 0.29) is 24.3 Å². The maximum atomic E-state index is 12.2. The smallest absolute Gasteiger partial charge is 0.239 e. The summed E-state index contributed by atoms with van der Waals surface area (Å²) in [6.45, 7) is 1.20. The molecule has 3 aromatic rings. The van der Waals surface area contributed by atoms with Crippen molar-refractivity contribution in [3.8, 4) is 0 Å². The first-order chi connectivity index (χ1) is 13.2. The minimum Gasteiger partial charge on any atom is -0.354 e. The Morgan fingerprint density at radius 3 is 2.74 bits per heavy atom. The Morgan fingerprint density at radius 2 is 1.93 bits per heavy atom. The number of carbonyl (C=O) groups excluding carboxylic acids is 2. The van der Waals surface area contributed by atoms with E-state index in [9.17, 15) is 9.59 Å². The Balaban J connectivity index is 1.26. The largest absolute Gasteiger partial charge is 0.354 e. The molecule has 27 heavy (non-hydrogen) atoms. The zero-order valence-electron chi connectivity index (χ0n) is 15.0. The van der Waals surface area contributed by atoms with Gasteiger partial charge in [-0.25, -0.2) is 4.98 Å². The second kappa shape index (κ2) is 7.61. The molecule has 1 fully saturated rings. The molecule has 2 aromatic carbocycles. The van der Waals surface area contributed by atoms with Gasteiger partial charge in [-0.15, -0.1) is 0 Å². The number of imidazole rings is 1. The predicted octanol–water partition coefficient (Wildman–Crippen LogP) is 2.24. The molecule has 0 radical (unpaired) electrons. The fraction of sp³-hybridized carbons (Fsp3) is 0.286. The highest BCUT2D eigenvalue weighted by molar-refractivity contribution is 5.86. The molecule has 138 valence electrons. The Labute approximate surface area is 157 Å². The second-order valence-corrected chi connectivity index (χ2v) is 6.89. The van der Waals surface area contributed by atoms with Gasteiger partial charge in [0.25, 0.3) is 0 Å². The molecular formula is C21H22N4O2. The van der Waals surface area contributed by atoms with Crippen LogP contribution in [0, 0.1) is 0 Å². The van der Waals surface area contributed by atoms with Gasteiger partial charge in [-0.05, 0) is 17.7 Å². The highest BCUT2D eigenvalue weighted by atomic mass is 16.2. The van der Waals surface area contributed by atoms with Crippen LogP contribution < -0.4 is 5.32 Å². The van der Waals surface area contributed by atoms with Crippen LogP contribution >= 0.6 is 0 Å². The molecular weight excluding hydrogens is 340 g/mol. The van der Waals surface area contributed by atoms with Crippen molar-refractivity contribution in [2.24, 2.45) is 0 Å². The molecule has 1 unspecified atom stereocenters. The summed E-state index contributed by atoms with van der Waals surface area (Å²) < 4.78 is 0. The normalized spacial score (nSPS) is 16.8. The third kappa shape index (κ3) is 4.00. The van der Waals surface area contributed by atoms with Gasteiger partial charge in [0, 0.05) is 31.8 Å². The fourth-order valence-electron chi connectivity index (χ4n) is 3.55. The van der Waals surface area contributed by atoms with Crippen LogP contribution in [0.3, 0.4) is 0 Å². The molecule has 1 saturated heterocycles. The van der Waals surface area contributed by atoms with Gasteiger partial charge in [0.05, 0.1) is 17.6 Å². The maximum absolute atomic E-state index is 12.2. The number of nitrogens with one attached hydrogen (secondary N) is 2. The van der Waals surface area contributed by atoms with E-state index in [1.807, 2.05) is 54.6 Å². The molecule has 0 spiro atoms. The van der Waals surface area contributed by atoms with Crippen molar-refractivity contribution in [3.05, 3.63) is 66.0 Å². The molecule has 0 saturated carbocycles. The minimum absolute atomic E-state index is 0.0382. The molecule has 0 aliphatic carbocycles. The van der Waals surface area contributed by atoms with Crippen LogP contribution in [0.15, 0.2) is 54.6 Å². The first-order valence-electron chi connectivity index (χ1n) is 9.22. The van der Waals surface area contributed by atoms with Crippen LogP contribution in [-0.4, -0.2) is 46.3 Å². The van der Waals surface area contributed by atoms with Crippen LogP contribution in [0.2, 0.25) is 0 Å². The SMILES string of the molecule is O=C(CN1CC(c2ccccc2)CC1=O)NCCc1nc2ccccc2[nH]1. The highest BCUT2D eigenvalue weighted by Crippen LogP contribution is 2.27. The highest BCUT2D eigenvalue weighted by Gasteiger charge is 2.31. The van der Waals surface area contributed by atoms with Crippen molar-refractivity contribution >= 4 is 22.8 Å². The molecule has 1 atom stereocenters. The number of hydrogen-bond acceptors (Lipinski definition) is 3. The number of likely N-dealkylation sites (tertiary alicyclic amines) is 1. The summed E-state index contributed by atoms with van der Waals surface area (Å²) in [5, 5.41) is 2.88. The van der Waals surface area contributed by atoms with Crippen LogP contribution in [0.5, 0.6) is 0 Å². The standard InChI is InChI=1S/C21H22N4O2/c26-20(22-11-10-19-23-17-8-4-5-9-18(17)24-19)14-25-13-16(12-21(25)27)15-6-2-1-3-7-15/h1-9,16H,10-14H2,(H,22,26)(H,23,24). The summed E-state index contributed by atoms with van der Waals surface area (Å²) in [5.41, 5.74) is 3.07. The minimum atomic E-state index is -0.131. The maximum Gasteiger partial charge on any atom is 0.239 e. The Bertz CT molecular complexity index is 918. The van der Waals surface area contributed by atoms with Gasteiger partial charge in [-0.1, -0.05) is 42.5 Å². The number of para-hydroxylation sites is 2. The number of carbonyl (C=O) groups is 2. The third-order valence-corrected chi connectivity index (χ3v) is 4.94. The van der Waals surface area contributed by atoms with Gasteiger partial charge in [0.2, 0.25) is 11.8 Å². The molecule has 1 aliphatic rings. The average Bonchev–Trinajstić information content (AvgIpc) is 3.26. The number of rotatable bonds is 6. The van der Waals surface area contributed by atoms with E-state index in [1.165, 1.54) is 0 Å². The van der Waals surface area contributed by atoms with Crippen molar-refractivity contribution < 1.29 is 9.59 Å². The molecule has 1 aromatic heterocycles. The molecule has 2 heterocycles. The number of aromatic nitrogens is 2. The number of H-pyrrole nitrogens is 1. The lowest BCUT2D eigenvalue weighted by Crippen LogP contribution is -2.38. The fourth-order valence-corrected chi connectivity index (χ4v) is 3.55. The molecule has 6 nitrogen and oxygen atoms in total. The lowest BCUT2D eigenvalue weighted by atomic mass is 9.99. The lowest BCUT2D eigenvalue weighted by Gasteiger charge is -2.16. The number of hydrogen-bond donors (Lipinski definition) is 2. The summed E-state index contributed by atoms with van der Waals surface area (Å²) in [5.74, 6) is 0.921. The van der Waals surface area contributed by atoms with Crippen molar-refractivity contribution in [2.75, 3.05) is 19.6 Å². The first kappa shape index (κ1) is 17.3. The van der Waals surface area contributed by atoms with Crippen molar-refractivity contribution in [3.63, 3.8) is 0 Å². The van der Waals surface area contributed by atoms with Gasteiger partial charge in [-0.3, -0.25) is 9.59 Å². The van der Waals surface area contributed by atoms with Gasteiger partial charge >= 0.3 is 0 Å². The predicted molar refractivity (Wildman–Crippen MR) is 103 cm³/mol. The van der Waals surface area contributed by atoms with Crippen LogP contribution in [0.4, 0.5) is 0 Å². The molecule has 2 N–H and O–H groups in total. The molecule has 4 rings (SSSR count). The second-order valence-electron chi connectivity index (χ2n) is 6.89. The van der Waals surface area contributed by atoms with E-state index in [2.05, 4.69) is 15.3 Å². The third-order valence-electron chi connectivity index (χ3n) is 4.94. The monoisotopic (exact) mass is 362 g/mol.